The highest BCUT2D eigenvalue weighted by molar-refractivity contribution is 5.68. The molecule has 0 spiro atoms. The zero-order chi connectivity index (χ0) is 33.1. The summed E-state index contributed by atoms with van der Waals surface area (Å²) in [5.41, 5.74) is 7.31. The molecule has 0 unspecified atom stereocenters. The molecule has 2 aliphatic rings. The maximum Gasteiger partial charge on any atom is 0.407 e. The number of benzene rings is 4. The first-order chi connectivity index (χ1) is 23.6. The highest BCUT2D eigenvalue weighted by Gasteiger charge is 2.34. The first-order valence-electron chi connectivity index (χ1n) is 16.8. The van der Waals surface area contributed by atoms with Gasteiger partial charge in [-0.3, -0.25) is 9.80 Å². The fourth-order valence-corrected chi connectivity index (χ4v) is 6.38. The smallest absolute Gasteiger partial charge is 0.407 e. The van der Waals surface area contributed by atoms with E-state index in [4.69, 9.17) is 14.2 Å². The van der Waals surface area contributed by atoms with Gasteiger partial charge in [0.15, 0.2) is 6.29 Å². The molecule has 4 aromatic carbocycles. The summed E-state index contributed by atoms with van der Waals surface area (Å²) in [6, 6.07) is 35.1. The number of ether oxygens (including phenoxy) is 3. The summed E-state index contributed by atoms with van der Waals surface area (Å²) in [7, 11) is 0. The molecule has 2 aliphatic heterocycles. The Hall–Kier alpha value is -4.31. The lowest BCUT2D eigenvalue weighted by Crippen LogP contribution is -2.49. The van der Waals surface area contributed by atoms with Crippen molar-refractivity contribution in [2.45, 2.75) is 44.6 Å². The largest absolute Gasteiger partial charge is 0.445 e. The number of nitrogens with one attached hydrogen (secondary N) is 1. The van der Waals surface area contributed by atoms with Crippen molar-refractivity contribution in [3.05, 3.63) is 144 Å². The first kappa shape index (κ1) is 33.6. The molecular formula is C40H45N3O5. The predicted octanol–water partition coefficient (Wildman–Crippen LogP) is 6.62. The number of carbonyl (C=O) groups excluding carboxylic acids is 1. The fourth-order valence-electron chi connectivity index (χ4n) is 6.38. The molecule has 0 saturated carbocycles. The summed E-state index contributed by atoms with van der Waals surface area (Å²) < 4.78 is 18.4. The summed E-state index contributed by atoms with van der Waals surface area (Å²) in [5.74, 6) is 0. The molecular weight excluding hydrogens is 602 g/mol. The second kappa shape index (κ2) is 16.7. The van der Waals surface area contributed by atoms with E-state index in [1.54, 1.807) is 6.08 Å². The summed E-state index contributed by atoms with van der Waals surface area (Å²) in [5, 5.41) is 12.4. The molecule has 1 amide bonds. The molecule has 2 saturated heterocycles. The lowest BCUT2D eigenvalue weighted by atomic mass is 9.98. The fraction of sp³-hybridized carbons (Fsp3) is 0.325. The van der Waals surface area contributed by atoms with E-state index in [1.165, 1.54) is 5.56 Å². The Labute approximate surface area is 283 Å². The van der Waals surface area contributed by atoms with Gasteiger partial charge < -0.3 is 24.6 Å². The quantitative estimate of drug-likeness (QED) is 0.167. The minimum atomic E-state index is -0.532. The Morgan fingerprint density at radius 3 is 2.27 bits per heavy atom. The van der Waals surface area contributed by atoms with Crippen molar-refractivity contribution in [3.8, 4) is 11.1 Å². The minimum Gasteiger partial charge on any atom is -0.445 e. The lowest BCUT2D eigenvalue weighted by molar-refractivity contribution is -0.253. The third kappa shape index (κ3) is 9.18. The molecule has 0 aliphatic carbocycles. The minimum absolute atomic E-state index is 0.00848. The second-order valence-corrected chi connectivity index (χ2v) is 12.5. The summed E-state index contributed by atoms with van der Waals surface area (Å²) >= 11 is 0. The average molecular weight is 648 g/mol. The van der Waals surface area contributed by atoms with Gasteiger partial charge in [-0.2, -0.15) is 0 Å². The molecule has 6 rings (SSSR count). The third-order valence-electron chi connectivity index (χ3n) is 8.98. The van der Waals surface area contributed by atoms with Gasteiger partial charge in [0.05, 0.1) is 18.8 Å². The van der Waals surface area contributed by atoms with Crippen LogP contribution in [0.2, 0.25) is 0 Å². The number of alkyl carbamates (subject to hydrolysis) is 1. The molecule has 48 heavy (non-hydrogen) atoms. The highest BCUT2D eigenvalue weighted by Crippen LogP contribution is 2.39. The molecule has 8 heteroatoms. The summed E-state index contributed by atoms with van der Waals surface area (Å²) in [4.78, 5) is 17.0. The predicted molar refractivity (Wildman–Crippen MR) is 187 cm³/mol. The van der Waals surface area contributed by atoms with Crippen molar-refractivity contribution in [2.24, 2.45) is 0 Å². The van der Waals surface area contributed by atoms with Crippen LogP contribution in [0.15, 0.2) is 116 Å². The molecule has 2 fully saturated rings. The Balaban J connectivity index is 1.15. The van der Waals surface area contributed by atoms with Gasteiger partial charge >= 0.3 is 6.09 Å². The first-order valence-corrected chi connectivity index (χ1v) is 16.8. The zero-order valence-corrected chi connectivity index (χ0v) is 27.4. The van der Waals surface area contributed by atoms with Crippen LogP contribution in [-0.2, 0) is 33.9 Å². The van der Waals surface area contributed by atoms with Crippen LogP contribution < -0.4 is 5.32 Å². The third-order valence-corrected chi connectivity index (χ3v) is 8.98. The number of nitrogens with zero attached hydrogens (tertiary/aromatic N) is 2. The summed E-state index contributed by atoms with van der Waals surface area (Å²) in [6.07, 6.45) is 1.14. The molecule has 8 nitrogen and oxygen atoms in total. The van der Waals surface area contributed by atoms with Crippen molar-refractivity contribution < 1.29 is 24.1 Å². The number of carbonyl (C=O) groups is 1. The maximum absolute atomic E-state index is 11.9. The Morgan fingerprint density at radius 1 is 0.812 bits per heavy atom. The van der Waals surface area contributed by atoms with E-state index in [9.17, 15) is 9.90 Å². The number of amides is 1. The molecule has 0 bridgehead atoms. The maximum atomic E-state index is 11.9. The number of hydrogen-bond donors (Lipinski definition) is 2. The second-order valence-electron chi connectivity index (χ2n) is 12.5. The number of aliphatic hydroxyl groups is 1. The average Bonchev–Trinajstić information content (AvgIpc) is 3.14. The van der Waals surface area contributed by atoms with Gasteiger partial charge in [0.25, 0.3) is 0 Å². The van der Waals surface area contributed by atoms with Crippen LogP contribution in [0.1, 0.15) is 46.6 Å². The molecule has 2 heterocycles. The van der Waals surface area contributed by atoms with Gasteiger partial charge in [0.1, 0.15) is 6.61 Å². The lowest BCUT2D eigenvalue weighted by Gasteiger charge is -2.41. The Morgan fingerprint density at radius 2 is 1.52 bits per heavy atom. The Bertz CT molecular complexity index is 1620. The van der Waals surface area contributed by atoms with Crippen molar-refractivity contribution in [2.75, 3.05) is 39.3 Å². The SMILES string of the molecule is C=CCOC(=O)NCc1cccc(-c2cccc([C@@H]3O[C@H](CN4CCN(Cc5ccccc5)CC4)C[C@H](c4ccc(CO)cc4)O3)c2)c1. The molecule has 3 atom stereocenters. The van der Waals surface area contributed by atoms with E-state index < -0.39 is 12.4 Å². The van der Waals surface area contributed by atoms with E-state index >= 15 is 0 Å². The van der Waals surface area contributed by atoms with Crippen LogP contribution in [0.3, 0.4) is 0 Å². The molecule has 2 N–H and O–H groups in total. The van der Waals surface area contributed by atoms with Crippen molar-refractivity contribution >= 4 is 6.09 Å². The van der Waals surface area contributed by atoms with Crippen molar-refractivity contribution in [1.82, 2.24) is 15.1 Å². The van der Waals surface area contributed by atoms with Crippen LogP contribution in [0.5, 0.6) is 0 Å². The van der Waals surface area contributed by atoms with Gasteiger partial charge in [0.2, 0.25) is 0 Å². The standard InChI is InChI=1S/C40H45N3O5/c1-2-22-46-40(45)41-26-32-10-6-11-34(23-32)35-12-7-13-36(24-35)39-47-37(25-38(48-39)33-16-14-31(29-44)15-17-33)28-43-20-18-42(19-21-43)27-30-8-4-3-5-9-30/h2-17,23-24,37-39,44H,1,18-22,25-29H2,(H,41,45)/t37-,38+,39+/m0/s1. The van der Waals surface area contributed by atoms with Gasteiger partial charge in [-0.1, -0.05) is 104 Å². The molecule has 0 aromatic heterocycles. The van der Waals surface area contributed by atoms with Crippen LogP contribution in [-0.4, -0.2) is 66.4 Å². The van der Waals surface area contributed by atoms with Gasteiger partial charge in [0, 0.05) is 57.8 Å². The van der Waals surface area contributed by atoms with E-state index in [-0.39, 0.29) is 25.4 Å². The number of aliphatic hydroxyl groups excluding tert-OH is 1. The zero-order valence-electron chi connectivity index (χ0n) is 27.4. The topological polar surface area (TPSA) is 83.5 Å². The van der Waals surface area contributed by atoms with Gasteiger partial charge in [-0.05, 0) is 45.5 Å². The highest BCUT2D eigenvalue weighted by atomic mass is 16.7. The van der Waals surface area contributed by atoms with Gasteiger partial charge in [-0.25, -0.2) is 4.79 Å². The van der Waals surface area contributed by atoms with E-state index in [1.807, 2.05) is 30.3 Å². The van der Waals surface area contributed by atoms with Crippen molar-refractivity contribution in [3.63, 3.8) is 0 Å². The number of piperazine rings is 1. The van der Waals surface area contributed by atoms with E-state index in [0.29, 0.717) is 6.54 Å². The number of rotatable bonds is 12. The Kier molecular flexibility index (Phi) is 11.7. The molecule has 0 radical (unpaired) electrons. The number of hydrogen-bond acceptors (Lipinski definition) is 7. The van der Waals surface area contributed by atoms with Crippen molar-refractivity contribution in [1.29, 1.82) is 0 Å². The monoisotopic (exact) mass is 647 g/mol. The van der Waals surface area contributed by atoms with Crippen LogP contribution in [0.25, 0.3) is 11.1 Å². The summed E-state index contributed by atoms with van der Waals surface area (Å²) in [6.45, 7) is 10.00. The normalized spacial score (nSPS) is 20.2. The van der Waals surface area contributed by atoms with Crippen LogP contribution in [0, 0.1) is 0 Å². The van der Waals surface area contributed by atoms with Gasteiger partial charge in [-0.15, -0.1) is 0 Å². The van der Waals surface area contributed by atoms with Crippen LogP contribution in [0.4, 0.5) is 4.79 Å². The molecule has 4 aromatic rings. The van der Waals surface area contributed by atoms with E-state index in [2.05, 4.69) is 94.5 Å². The van der Waals surface area contributed by atoms with E-state index in [0.717, 1.165) is 79.1 Å². The molecule has 250 valence electrons. The van der Waals surface area contributed by atoms with Crippen LogP contribution >= 0.6 is 0 Å².